The lowest BCUT2D eigenvalue weighted by atomic mass is 10.2. The molecule has 0 aliphatic heterocycles. The number of halogens is 1. The molecule has 7 heteroatoms. The Kier molecular flexibility index (Phi) is 5.59. The Labute approximate surface area is 155 Å². The Morgan fingerprint density at radius 3 is 2.72 bits per heavy atom. The van der Waals surface area contributed by atoms with E-state index in [1.807, 2.05) is 60.0 Å². The second kappa shape index (κ2) is 8.06. The van der Waals surface area contributed by atoms with Crippen molar-refractivity contribution in [1.29, 1.82) is 5.26 Å². The van der Waals surface area contributed by atoms with Crippen LogP contribution in [0, 0.1) is 18.3 Å². The fraction of sp³-hybridized carbons (Fsp3) is 0.167. The normalized spacial score (nSPS) is 10.4. The molecule has 0 radical (unpaired) electrons. The maximum absolute atomic E-state index is 8.84. The van der Waals surface area contributed by atoms with E-state index in [2.05, 4.69) is 21.6 Å². The molecule has 0 amide bonds. The van der Waals surface area contributed by atoms with Crippen molar-refractivity contribution in [2.75, 3.05) is 11.1 Å². The summed E-state index contributed by atoms with van der Waals surface area (Å²) >= 11 is 7.55. The van der Waals surface area contributed by atoms with Crippen LogP contribution in [0.5, 0.6) is 0 Å². The lowest BCUT2D eigenvalue weighted by Gasteiger charge is -2.11. The molecule has 5 nitrogen and oxygen atoms in total. The third-order valence-electron chi connectivity index (χ3n) is 3.60. The van der Waals surface area contributed by atoms with Gasteiger partial charge in [-0.25, -0.2) is 0 Å². The van der Waals surface area contributed by atoms with Crippen LogP contribution in [0.3, 0.4) is 0 Å². The number of thioether (sulfide) groups is 1. The van der Waals surface area contributed by atoms with E-state index in [4.69, 9.17) is 16.9 Å². The summed E-state index contributed by atoms with van der Waals surface area (Å²) in [6, 6.07) is 17.8. The van der Waals surface area contributed by atoms with E-state index in [-0.39, 0.29) is 0 Å². The summed E-state index contributed by atoms with van der Waals surface area (Å²) in [6.07, 6.45) is 0. The zero-order valence-electron chi connectivity index (χ0n) is 13.6. The molecular formula is C18H16ClN5S. The van der Waals surface area contributed by atoms with Crippen LogP contribution >= 0.6 is 23.4 Å². The maximum atomic E-state index is 8.84. The van der Waals surface area contributed by atoms with E-state index in [0.717, 1.165) is 27.8 Å². The second-order valence-corrected chi connectivity index (χ2v) is 6.68. The van der Waals surface area contributed by atoms with E-state index in [1.54, 1.807) is 0 Å². The molecule has 0 saturated heterocycles. The number of rotatable bonds is 6. The van der Waals surface area contributed by atoms with Crippen LogP contribution in [0.15, 0.2) is 53.7 Å². The van der Waals surface area contributed by atoms with Gasteiger partial charge in [0, 0.05) is 16.4 Å². The Morgan fingerprint density at radius 1 is 1.20 bits per heavy atom. The Balaban J connectivity index is 1.86. The molecular weight excluding hydrogens is 354 g/mol. The first-order valence-electron chi connectivity index (χ1n) is 7.68. The van der Waals surface area contributed by atoms with Gasteiger partial charge < -0.3 is 5.32 Å². The number of nitriles is 1. The van der Waals surface area contributed by atoms with E-state index < -0.39 is 0 Å². The van der Waals surface area contributed by atoms with Gasteiger partial charge in [0.1, 0.15) is 0 Å². The Hall–Kier alpha value is -2.49. The number of aromatic nitrogens is 3. The van der Waals surface area contributed by atoms with Crippen LogP contribution in [0.1, 0.15) is 11.4 Å². The van der Waals surface area contributed by atoms with Gasteiger partial charge in [-0.2, -0.15) is 5.26 Å². The molecule has 0 fully saturated rings. The van der Waals surface area contributed by atoms with Gasteiger partial charge in [-0.15, -0.1) is 10.2 Å². The minimum atomic E-state index is 0.325. The van der Waals surface area contributed by atoms with Crippen LogP contribution in [-0.2, 0) is 6.54 Å². The predicted octanol–water partition coefficient (Wildman–Crippen LogP) is 4.46. The summed E-state index contributed by atoms with van der Waals surface area (Å²) in [7, 11) is 0. The lowest BCUT2D eigenvalue weighted by molar-refractivity contribution is 0.842. The molecule has 0 aliphatic rings. The summed E-state index contributed by atoms with van der Waals surface area (Å²) in [6.45, 7) is 2.46. The van der Waals surface area contributed by atoms with Crippen LogP contribution in [-0.4, -0.2) is 20.5 Å². The van der Waals surface area contributed by atoms with Gasteiger partial charge in [0.15, 0.2) is 11.0 Å². The molecule has 0 spiro atoms. The standard InChI is InChI=1S/C18H16ClN5S/c1-13-7-8-14(11-16(13)19)21-12-17-22-23-18(25-10-9-20)24(17)15-5-3-2-4-6-15/h2-8,11,21H,10,12H2,1H3. The van der Waals surface area contributed by atoms with Gasteiger partial charge >= 0.3 is 0 Å². The summed E-state index contributed by atoms with van der Waals surface area (Å²) in [5, 5.41) is 22.1. The number of benzene rings is 2. The molecule has 126 valence electrons. The zero-order chi connectivity index (χ0) is 17.6. The molecule has 1 aromatic heterocycles. The monoisotopic (exact) mass is 369 g/mol. The largest absolute Gasteiger partial charge is 0.378 e. The summed E-state index contributed by atoms with van der Waals surface area (Å²) < 4.78 is 1.96. The number of nitrogens with zero attached hydrogens (tertiary/aromatic N) is 4. The number of nitrogens with one attached hydrogen (secondary N) is 1. The van der Waals surface area contributed by atoms with Gasteiger partial charge in [-0.05, 0) is 36.8 Å². The first kappa shape index (κ1) is 17.3. The number of aryl methyl sites for hydroxylation is 1. The molecule has 0 saturated carbocycles. The molecule has 1 N–H and O–H groups in total. The third kappa shape index (κ3) is 4.13. The summed E-state index contributed by atoms with van der Waals surface area (Å²) in [4.78, 5) is 0. The highest BCUT2D eigenvalue weighted by Gasteiger charge is 2.14. The zero-order valence-corrected chi connectivity index (χ0v) is 15.2. The first-order valence-corrected chi connectivity index (χ1v) is 9.05. The van der Waals surface area contributed by atoms with Gasteiger partial charge in [-0.3, -0.25) is 4.57 Å². The lowest BCUT2D eigenvalue weighted by Crippen LogP contribution is -2.08. The molecule has 0 bridgehead atoms. The van der Waals surface area contributed by atoms with Gasteiger partial charge in [-0.1, -0.05) is 47.6 Å². The minimum Gasteiger partial charge on any atom is -0.378 e. The van der Waals surface area contributed by atoms with Crippen LogP contribution in [0.2, 0.25) is 5.02 Å². The van der Waals surface area contributed by atoms with Crippen molar-refractivity contribution in [1.82, 2.24) is 14.8 Å². The average Bonchev–Trinajstić information content (AvgIpc) is 3.04. The number of hydrogen-bond acceptors (Lipinski definition) is 5. The SMILES string of the molecule is Cc1ccc(NCc2nnc(SCC#N)n2-c2ccccc2)cc1Cl. The predicted molar refractivity (Wildman–Crippen MR) is 101 cm³/mol. The van der Waals surface area contributed by atoms with Crippen molar-refractivity contribution in [3.63, 3.8) is 0 Å². The molecule has 3 rings (SSSR count). The van der Waals surface area contributed by atoms with Gasteiger partial charge in [0.05, 0.1) is 18.4 Å². The highest BCUT2D eigenvalue weighted by molar-refractivity contribution is 7.99. The highest BCUT2D eigenvalue weighted by Crippen LogP contribution is 2.23. The van der Waals surface area contributed by atoms with Gasteiger partial charge in [0.25, 0.3) is 0 Å². The fourth-order valence-corrected chi connectivity index (χ4v) is 3.14. The molecule has 0 unspecified atom stereocenters. The fourth-order valence-electron chi connectivity index (χ4n) is 2.33. The number of para-hydroxylation sites is 1. The molecule has 25 heavy (non-hydrogen) atoms. The summed E-state index contributed by atoms with van der Waals surface area (Å²) in [5.74, 6) is 1.09. The van der Waals surface area contributed by atoms with Crippen LogP contribution in [0.25, 0.3) is 5.69 Å². The van der Waals surface area contributed by atoms with Crippen molar-refractivity contribution >= 4 is 29.1 Å². The average molecular weight is 370 g/mol. The van der Waals surface area contributed by atoms with Crippen molar-refractivity contribution in [3.8, 4) is 11.8 Å². The van der Waals surface area contributed by atoms with E-state index in [0.29, 0.717) is 17.5 Å². The van der Waals surface area contributed by atoms with E-state index >= 15 is 0 Å². The topological polar surface area (TPSA) is 66.5 Å². The van der Waals surface area contributed by atoms with Crippen molar-refractivity contribution in [2.24, 2.45) is 0 Å². The first-order chi connectivity index (χ1) is 12.2. The molecule has 2 aromatic carbocycles. The van der Waals surface area contributed by atoms with E-state index in [1.165, 1.54) is 11.8 Å². The quantitative estimate of drug-likeness (QED) is 0.650. The van der Waals surface area contributed by atoms with Crippen molar-refractivity contribution < 1.29 is 0 Å². The molecule has 3 aromatic rings. The van der Waals surface area contributed by atoms with Crippen molar-refractivity contribution in [2.45, 2.75) is 18.6 Å². The summed E-state index contributed by atoms with van der Waals surface area (Å²) in [5.41, 5.74) is 2.92. The third-order valence-corrected chi connectivity index (χ3v) is 4.81. The smallest absolute Gasteiger partial charge is 0.196 e. The molecule has 1 heterocycles. The molecule has 0 atom stereocenters. The number of anilines is 1. The Bertz CT molecular complexity index is 902. The maximum Gasteiger partial charge on any atom is 0.196 e. The second-order valence-electron chi connectivity index (χ2n) is 5.33. The minimum absolute atomic E-state index is 0.325. The van der Waals surface area contributed by atoms with E-state index in [9.17, 15) is 0 Å². The van der Waals surface area contributed by atoms with Gasteiger partial charge in [0.2, 0.25) is 0 Å². The van der Waals surface area contributed by atoms with Crippen molar-refractivity contribution in [3.05, 3.63) is 64.9 Å². The highest BCUT2D eigenvalue weighted by atomic mass is 35.5. The number of hydrogen-bond donors (Lipinski definition) is 1. The Morgan fingerprint density at radius 2 is 2.00 bits per heavy atom. The van der Waals surface area contributed by atoms with Crippen LogP contribution in [0.4, 0.5) is 5.69 Å². The molecule has 0 aliphatic carbocycles. The van der Waals surface area contributed by atoms with Crippen LogP contribution < -0.4 is 5.32 Å².